The van der Waals surface area contributed by atoms with Gasteiger partial charge in [-0.3, -0.25) is 4.79 Å². The number of amides is 1. The van der Waals surface area contributed by atoms with Crippen molar-refractivity contribution < 1.29 is 9.53 Å². The molecule has 0 spiro atoms. The van der Waals surface area contributed by atoms with Crippen LogP contribution in [0.15, 0.2) is 59.8 Å². The van der Waals surface area contributed by atoms with Gasteiger partial charge in [-0.05, 0) is 29.5 Å². The van der Waals surface area contributed by atoms with Crippen LogP contribution in [0.1, 0.15) is 24.1 Å². The average molecular weight is 397 g/mol. The Bertz CT molecular complexity index is 1080. The molecule has 8 nitrogen and oxygen atoms in total. The number of para-hydroxylation sites is 1. The molecule has 1 aliphatic rings. The van der Waals surface area contributed by atoms with E-state index in [0.717, 1.165) is 11.1 Å². The lowest BCUT2D eigenvalue weighted by molar-refractivity contribution is -0.115. The number of hydrogen-bond donors (Lipinski definition) is 2. The lowest BCUT2D eigenvalue weighted by Crippen LogP contribution is -2.32. The molecular weight excluding hydrogens is 380 g/mol. The number of allylic oxidation sites excluding steroid dienone is 1. The highest BCUT2D eigenvalue weighted by atomic mass is 35.5. The molecule has 1 aliphatic heterocycles. The number of aromatic nitrogens is 4. The molecule has 1 amide bonds. The van der Waals surface area contributed by atoms with Crippen molar-refractivity contribution in [1.82, 2.24) is 20.2 Å². The zero-order chi connectivity index (χ0) is 19.7. The first-order valence-corrected chi connectivity index (χ1v) is 8.94. The second-order valence-electron chi connectivity index (χ2n) is 6.30. The fourth-order valence-electron chi connectivity index (χ4n) is 3.23. The van der Waals surface area contributed by atoms with Crippen molar-refractivity contribution >= 4 is 23.5 Å². The molecule has 3 aromatic rings. The lowest BCUT2D eigenvalue weighted by atomic mass is 9.94. The van der Waals surface area contributed by atoms with E-state index in [9.17, 15) is 4.79 Å². The highest BCUT2D eigenvalue weighted by Gasteiger charge is 2.34. The maximum atomic E-state index is 12.2. The molecule has 1 aromatic heterocycles. The Morgan fingerprint density at radius 1 is 1.25 bits per heavy atom. The molecule has 0 aliphatic carbocycles. The summed E-state index contributed by atoms with van der Waals surface area (Å²) >= 11 is 6.23. The van der Waals surface area contributed by atoms with Crippen LogP contribution >= 0.6 is 11.6 Å². The first-order valence-electron chi connectivity index (χ1n) is 8.57. The minimum absolute atomic E-state index is 0.277. The summed E-state index contributed by atoms with van der Waals surface area (Å²) in [6.07, 6.45) is 0. The summed E-state index contributed by atoms with van der Waals surface area (Å²) in [7, 11) is 0. The van der Waals surface area contributed by atoms with Crippen molar-refractivity contribution in [3.8, 4) is 5.75 Å². The van der Waals surface area contributed by atoms with E-state index in [1.54, 1.807) is 6.92 Å². The van der Waals surface area contributed by atoms with Gasteiger partial charge in [0.2, 0.25) is 11.9 Å². The van der Waals surface area contributed by atoms with Crippen LogP contribution in [0.2, 0.25) is 5.02 Å². The predicted molar refractivity (Wildman–Crippen MR) is 104 cm³/mol. The number of tetrazole rings is 1. The van der Waals surface area contributed by atoms with Crippen molar-refractivity contribution in [2.24, 2.45) is 5.73 Å². The molecule has 28 heavy (non-hydrogen) atoms. The number of halogens is 1. The largest absolute Gasteiger partial charge is 0.488 e. The summed E-state index contributed by atoms with van der Waals surface area (Å²) in [6, 6.07) is 14.3. The van der Waals surface area contributed by atoms with Crippen LogP contribution < -0.4 is 15.8 Å². The summed E-state index contributed by atoms with van der Waals surface area (Å²) < 4.78 is 7.57. The number of benzene rings is 2. The topological polar surface area (TPSA) is 108 Å². The summed E-state index contributed by atoms with van der Waals surface area (Å²) in [5, 5.41) is 15.3. The zero-order valence-corrected chi connectivity index (χ0v) is 15.7. The Balaban J connectivity index is 1.75. The van der Waals surface area contributed by atoms with Gasteiger partial charge in [-0.15, -0.1) is 0 Å². The van der Waals surface area contributed by atoms with Crippen molar-refractivity contribution in [3.05, 3.63) is 76.0 Å². The maximum Gasteiger partial charge on any atom is 0.248 e. The second-order valence-corrected chi connectivity index (χ2v) is 6.70. The minimum Gasteiger partial charge on any atom is -0.488 e. The summed E-state index contributed by atoms with van der Waals surface area (Å²) in [5.74, 6) is 0.452. The van der Waals surface area contributed by atoms with Crippen LogP contribution in [0.25, 0.3) is 0 Å². The van der Waals surface area contributed by atoms with Crippen molar-refractivity contribution in [2.45, 2.75) is 19.6 Å². The number of carbonyl (C=O) groups excluding carboxylic acids is 1. The summed E-state index contributed by atoms with van der Waals surface area (Å²) in [4.78, 5) is 12.2. The van der Waals surface area contributed by atoms with E-state index >= 15 is 0 Å². The van der Waals surface area contributed by atoms with E-state index in [2.05, 4.69) is 20.8 Å². The Morgan fingerprint density at radius 2 is 2.00 bits per heavy atom. The third-order valence-electron chi connectivity index (χ3n) is 4.53. The molecule has 4 rings (SSSR count). The van der Waals surface area contributed by atoms with E-state index in [1.807, 2.05) is 48.5 Å². The lowest BCUT2D eigenvalue weighted by Gasteiger charge is -2.28. The predicted octanol–water partition coefficient (Wildman–Crippen LogP) is 2.68. The van der Waals surface area contributed by atoms with Gasteiger partial charge in [0.1, 0.15) is 18.4 Å². The van der Waals surface area contributed by atoms with E-state index in [-0.39, 0.29) is 6.61 Å². The monoisotopic (exact) mass is 396 g/mol. The molecule has 9 heteroatoms. The van der Waals surface area contributed by atoms with Crippen molar-refractivity contribution in [2.75, 3.05) is 5.32 Å². The Hall–Kier alpha value is -3.39. The van der Waals surface area contributed by atoms with Gasteiger partial charge < -0.3 is 15.8 Å². The normalized spacial score (nSPS) is 15.7. The quantitative estimate of drug-likeness (QED) is 0.686. The summed E-state index contributed by atoms with van der Waals surface area (Å²) in [6.45, 7) is 2.04. The number of primary amides is 1. The van der Waals surface area contributed by atoms with Crippen LogP contribution in [0.4, 0.5) is 5.95 Å². The van der Waals surface area contributed by atoms with Gasteiger partial charge in [0.25, 0.3) is 0 Å². The Morgan fingerprint density at radius 3 is 2.79 bits per heavy atom. The van der Waals surface area contributed by atoms with E-state index < -0.39 is 11.9 Å². The number of nitrogens with zero attached hydrogens (tertiary/aromatic N) is 4. The van der Waals surface area contributed by atoms with Crippen LogP contribution in [0, 0.1) is 0 Å². The first-order chi connectivity index (χ1) is 13.6. The number of rotatable bonds is 5. The molecule has 0 radical (unpaired) electrons. The van der Waals surface area contributed by atoms with E-state index in [1.165, 1.54) is 4.68 Å². The number of anilines is 1. The second kappa shape index (κ2) is 7.32. The number of hydrogen-bond acceptors (Lipinski definition) is 6. The standard InChI is InChI=1S/C19H17ClN6O2/c1-11-16(18(21)27)17(26-19(22-11)23-24-25-26)13-7-3-5-9-15(13)28-10-12-6-2-4-8-14(12)20/h2-9,17H,10H2,1H3,(H2,21,27)(H,22,23,25). The van der Waals surface area contributed by atoms with E-state index in [4.69, 9.17) is 22.1 Å². The minimum atomic E-state index is -0.605. The molecule has 3 N–H and O–H groups in total. The number of nitrogens with one attached hydrogen (secondary N) is 1. The molecule has 2 aromatic carbocycles. The van der Waals surface area contributed by atoms with Crippen LogP contribution in [-0.2, 0) is 11.4 Å². The molecule has 0 fully saturated rings. The van der Waals surface area contributed by atoms with Crippen molar-refractivity contribution in [1.29, 1.82) is 0 Å². The Labute approximate surface area is 165 Å². The van der Waals surface area contributed by atoms with Gasteiger partial charge in [0.15, 0.2) is 0 Å². The van der Waals surface area contributed by atoms with Crippen LogP contribution in [-0.4, -0.2) is 26.1 Å². The number of fused-ring (bicyclic) bond motifs is 1. The van der Waals surface area contributed by atoms with Crippen molar-refractivity contribution in [3.63, 3.8) is 0 Å². The fourth-order valence-corrected chi connectivity index (χ4v) is 3.42. The van der Waals surface area contributed by atoms with Gasteiger partial charge in [-0.25, -0.2) is 0 Å². The average Bonchev–Trinajstić information content (AvgIpc) is 3.14. The number of nitrogens with two attached hydrogens (primary N) is 1. The Kier molecular flexibility index (Phi) is 4.70. The van der Waals surface area contributed by atoms with Gasteiger partial charge >= 0.3 is 0 Å². The van der Waals surface area contributed by atoms with Gasteiger partial charge in [-0.2, -0.15) is 4.68 Å². The molecule has 1 atom stereocenters. The molecule has 0 saturated heterocycles. The van der Waals surface area contributed by atoms with Crippen LogP contribution in [0.3, 0.4) is 0 Å². The van der Waals surface area contributed by atoms with Crippen LogP contribution in [0.5, 0.6) is 5.75 Å². The molecular formula is C19H17ClN6O2. The molecule has 2 heterocycles. The summed E-state index contributed by atoms with van der Waals surface area (Å²) in [5.41, 5.74) is 8.21. The zero-order valence-electron chi connectivity index (χ0n) is 15.0. The number of ether oxygens (including phenoxy) is 1. The number of carbonyl (C=O) groups is 1. The maximum absolute atomic E-state index is 12.2. The van der Waals surface area contributed by atoms with E-state index in [0.29, 0.717) is 28.0 Å². The fraction of sp³-hybridized carbons (Fsp3) is 0.158. The first kappa shape index (κ1) is 18.0. The SMILES string of the molecule is CC1=C(C(N)=O)C(c2ccccc2OCc2ccccc2Cl)n2nnnc2N1. The molecule has 142 valence electrons. The molecule has 1 unspecified atom stereocenters. The van der Waals surface area contributed by atoms with Gasteiger partial charge in [0, 0.05) is 21.8 Å². The molecule has 0 bridgehead atoms. The smallest absolute Gasteiger partial charge is 0.248 e. The molecule has 0 saturated carbocycles. The van der Waals surface area contributed by atoms with Gasteiger partial charge in [-0.1, -0.05) is 53.1 Å². The third kappa shape index (κ3) is 3.18. The van der Waals surface area contributed by atoms with Gasteiger partial charge in [0.05, 0.1) is 5.57 Å². The highest BCUT2D eigenvalue weighted by molar-refractivity contribution is 6.31. The third-order valence-corrected chi connectivity index (χ3v) is 4.90. The highest BCUT2D eigenvalue weighted by Crippen LogP contribution is 2.38.